The summed E-state index contributed by atoms with van der Waals surface area (Å²) in [7, 11) is 0. The molecule has 3 nitrogen and oxygen atoms in total. The molecule has 2 aromatic rings. The van der Waals surface area contributed by atoms with E-state index >= 15 is 0 Å². The minimum Gasteiger partial charge on any atom is -0.323 e. The van der Waals surface area contributed by atoms with Gasteiger partial charge in [0.25, 0.3) is 0 Å². The topological polar surface area (TPSA) is 55.1 Å². The first-order valence-electron chi connectivity index (χ1n) is 6.53. The Bertz CT molecular complexity index is 644. The van der Waals surface area contributed by atoms with Crippen molar-refractivity contribution in [2.24, 2.45) is 5.73 Å². The molecule has 0 aliphatic rings. The Labute approximate surface area is 134 Å². The summed E-state index contributed by atoms with van der Waals surface area (Å²) in [5.41, 5.74) is 8.26. The summed E-state index contributed by atoms with van der Waals surface area (Å²) in [5, 5.41) is 3.71. The number of rotatable bonds is 4. The number of nitrogens with two attached hydrogens (primary N) is 1. The van der Waals surface area contributed by atoms with Crippen LogP contribution in [0.25, 0.3) is 0 Å². The fraction of sp³-hybridized carbons (Fsp3) is 0.188. The molecule has 2 aromatic carbocycles. The van der Waals surface area contributed by atoms with Gasteiger partial charge in [-0.25, -0.2) is 0 Å². The van der Waals surface area contributed by atoms with Crippen LogP contribution in [-0.4, -0.2) is 11.9 Å². The monoisotopic (exact) mass is 322 g/mol. The van der Waals surface area contributed by atoms with Crippen molar-refractivity contribution in [1.82, 2.24) is 0 Å². The van der Waals surface area contributed by atoms with E-state index in [2.05, 4.69) is 5.32 Å². The molecule has 5 heteroatoms. The molecule has 0 bridgehead atoms. The molecule has 1 atom stereocenters. The Hall–Kier alpha value is -1.55. The van der Waals surface area contributed by atoms with Gasteiger partial charge in [-0.05, 0) is 36.6 Å². The maximum atomic E-state index is 12.1. The molecule has 0 aliphatic carbocycles. The summed E-state index contributed by atoms with van der Waals surface area (Å²) >= 11 is 12.1. The predicted molar refractivity (Wildman–Crippen MR) is 88.0 cm³/mol. The molecule has 3 N–H and O–H groups in total. The molecule has 0 spiro atoms. The van der Waals surface area contributed by atoms with Crippen LogP contribution >= 0.6 is 23.2 Å². The molecule has 0 saturated heterocycles. The number of carbonyl (C=O) groups excluding carboxylic acids is 1. The van der Waals surface area contributed by atoms with E-state index < -0.39 is 6.04 Å². The van der Waals surface area contributed by atoms with Gasteiger partial charge in [-0.2, -0.15) is 0 Å². The van der Waals surface area contributed by atoms with Crippen LogP contribution < -0.4 is 11.1 Å². The normalized spacial score (nSPS) is 12.0. The van der Waals surface area contributed by atoms with Gasteiger partial charge < -0.3 is 11.1 Å². The quantitative estimate of drug-likeness (QED) is 0.899. The van der Waals surface area contributed by atoms with Gasteiger partial charge in [-0.1, -0.05) is 53.5 Å². The number of nitrogens with one attached hydrogen (secondary N) is 1. The Balaban J connectivity index is 2.06. The van der Waals surface area contributed by atoms with Gasteiger partial charge >= 0.3 is 0 Å². The largest absolute Gasteiger partial charge is 0.323 e. The van der Waals surface area contributed by atoms with Crippen molar-refractivity contribution in [2.45, 2.75) is 19.4 Å². The summed E-state index contributed by atoms with van der Waals surface area (Å²) in [6, 6.07) is 12.3. The number of amides is 1. The SMILES string of the molecule is Cc1cc(Cl)c(NC(=O)[C@@H](N)Cc2ccccc2)cc1Cl. The average Bonchev–Trinajstić information content (AvgIpc) is 2.45. The Kier molecular flexibility index (Phi) is 5.23. The van der Waals surface area contributed by atoms with Crippen LogP contribution in [0.5, 0.6) is 0 Å². The predicted octanol–water partition coefficient (Wildman–Crippen LogP) is 3.81. The molecule has 0 unspecified atom stereocenters. The zero-order valence-corrected chi connectivity index (χ0v) is 13.1. The highest BCUT2D eigenvalue weighted by molar-refractivity contribution is 6.36. The minimum absolute atomic E-state index is 0.291. The second kappa shape index (κ2) is 6.94. The number of aryl methyl sites for hydroxylation is 1. The van der Waals surface area contributed by atoms with E-state index in [0.29, 0.717) is 22.2 Å². The van der Waals surface area contributed by atoms with Gasteiger partial charge in [-0.15, -0.1) is 0 Å². The number of halogens is 2. The van der Waals surface area contributed by atoms with Crippen molar-refractivity contribution in [3.63, 3.8) is 0 Å². The van der Waals surface area contributed by atoms with Crippen molar-refractivity contribution in [3.8, 4) is 0 Å². The highest BCUT2D eigenvalue weighted by Crippen LogP contribution is 2.28. The van der Waals surface area contributed by atoms with Crippen LogP contribution in [0.1, 0.15) is 11.1 Å². The van der Waals surface area contributed by atoms with Crippen molar-refractivity contribution in [3.05, 3.63) is 63.6 Å². The molecule has 0 aliphatic heterocycles. The van der Waals surface area contributed by atoms with Crippen LogP contribution in [0, 0.1) is 6.92 Å². The molecule has 0 fully saturated rings. The van der Waals surface area contributed by atoms with Gasteiger partial charge in [0.05, 0.1) is 16.8 Å². The number of hydrogen-bond donors (Lipinski definition) is 2. The second-order valence-corrected chi connectivity index (χ2v) is 5.68. The third-order valence-electron chi connectivity index (χ3n) is 3.14. The lowest BCUT2D eigenvalue weighted by atomic mass is 10.1. The Morgan fingerprint density at radius 1 is 1.19 bits per heavy atom. The maximum Gasteiger partial charge on any atom is 0.241 e. The first kappa shape index (κ1) is 15.8. The summed E-state index contributed by atoms with van der Waals surface area (Å²) in [5.74, 6) is -0.291. The van der Waals surface area contributed by atoms with Gasteiger partial charge in [0, 0.05) is 5.02 Å². The molecule has 2 rings (SSSR count). The zero-order chi connectivity index (χ0) is 15.4. The fourth-order valence-electron chi connectivity index (χ4n) is 1.93. The molecule has 0 radical (unpaired) electrons. The smallest absolute Gasteiger partial charge is 0.241 e. The molecular weight excluding hydrogens is 307 g/mol. The molecule has 1 amide bonds. The summed E-state index contributed by atoms with van der Waals surface area (Å²) in [6.07, 6.45) is 0.462. The highest BCUT2D eigenvalue weighted by Gasteiger charge is 2.16. The van der Waals surface area contributed by atoms with Crippen LogP contribution in [0.2, 0.25) is 10.0 Å². The van der Waals surface area contributed by atoms with Gasteiger partial charge in [0.2, 0.25) is 5.91 Å². The van der Waals surface area contributed by atoms with Crippen LogP contribution in [0.4, 0.5) is 5.69 Å². The Morgan fingerprint density at radius 2 is 1.86 bits per heavy atom. The fourth-order valence-corrected chi connectivity index (χ4v) is 2.36. The maximum absolute atomic E-state index is 12.1. The van der Waals surface area contributed by atoms with Gasteiger partial charge in [-0.3, -0.25) is 4.79 Å². The van der Waals surface area contributed by atoms with Gasteiger partial charge in [0.1, 0.15) is 0 Å². The van der Waals surface area contributed by atoms with Crippen molar-refractivity contribution >= 4 is 34.8 Å². The van der Waals surface area contributed by atoms with Crippen molar-refractivity contribution < 1.29 is 4.79 Å². The van der Waals surface area contributed by atoms with E-state index in [9.17, 15) is 4.79 Å². The average molecular weight is 323 g/mol. The minimum atomic E-state index is -0.649. The van der Waals surface area contributed by atoms with E-state index in [1.165, 1.54) is 0 Å². The third kappa shape index (κ3) is 4.21. The molecular formula is C16H16Cl2N2O. The molecule has 0 heterocycles. The zero-order valence-electron chi connectivity index (χ0n) is 11.6. The van der Waals surface area contributed by atoms with Gasteiger partial charge in [0.15, 0.2) is 0 Å². The van der Waals surface area contributed by atoms with E-state index in [0.717, 1.165) is 11.1 Å². The van der Waals surface area contributed by atoms with E-state index in [4.69, 9.17) is 28.9 Å². The first-order valence-corrected chi connectivity index (χ1v) is 7.29. The van der Waals surface area contributed by atoms with E-state index in [1.807, 2.05) is 37.3 Å². The lowest BCUT2D eigenvalue weighted by Crippen LogP contribution is -2.37. The first-order chi connectivity index (χ1) is 9.97. The van der Waals surface area contributed by atoms with Crippen molar-refractivity contribution in [2.75, 3.05) is 5.32 Å². The number of hydrogen-bond acceptors (Lipinski definition) is 2. The van der Waals surface area contributed by atoms with Crippen LogP contribution in [0.3, 0.4) is 0 Å². The molecule has 110 valence electrons. The van der Waals surface area contributed by atoms with Crippen LogP contribution in [-0.2, 0) is 11.2 Å². The third-order valence-corrected chi connectivity index (χ3v) is 3.86. The summed E-state index contributed by atoms with van der Waals surface area (Å²) in [6.45, 7) is 1.85. The van der Waals surface area contributed by atoms with E-state index in [-0.39, 0.29) is 5.91 Å². The molecule has 0 aromatic heterocycles. The standard InChI is InChI=1S/C16H16Cl2N2O/c1-10-7-13(18)15(9-12(10)17)20-16(21)14(19)8-11-5-3-2-4-6-11/h2-7,9,14H,8,19H2,1H3,(H,20,21)/t14-/m0/s1. The second-order valence-electron chi connectivity index (χ2n) is 4.87. The number of carbonyl (C=O) groups is 1. The van der Waals surface area contributed by atoms with Crippen LogP contribution in [0.15, 0.2) is 42.5 Å². The lowest BCUT2D eigenvalue weighted by molar-refractivity contribution is -0.117. The summed E-state index contributed by atoms with van der Waals surface area (Å²) in [4.78, 5) is 12.1. The number of anilines is 1. The lowest BCUT2D eigenvalue weighted by Gasteiger charge is -2.14. The highest BCUT2D eigenvalue weighted by atomic mass is 35.5. The summed E-state index contributed by atoms with van der Waals surface area (Å²) < 4.78 is 0. The molecule has 0 saturated carbocycles. The number of benzene rings is 2. The van der Waals surface area contributed by atoms with E-state index in [1.54, 1.807) is 12.1 Å². The Morgan fingerprint density at radius 3 is 2.52 bits per heavy atom. The molecule has 21 heavy (non-hydrogen) atoms. The van der Waals surface area contributed by atoms with Crippen molar-refractivity contribution in [1.29, 1.82) is 0 Å².